The molecular weight excluding hydrogens is 294 g/mol. The van der Waals surface area contributed by atoms with E-state index in [0.717, 1.165) is 19.3 Å². The van der Waals surface area contributed by atoms with Crippen molar-refractivity contribution >= 4 is 11.8 Å². The van der Waals surface area contributed by atoms with Crippen molar-refractivity contribution in [1.82, 2.24) is 10.2 Å². The summed E-state index contributed by atoms with van der Waals surface area (Å²) in [6.07, 6.45) is 2.93. The standard InChI is InChI=1S/C17H25N3O3/c18-15(21)12-19-13-17(23)9-5-11-20(16(17)22)10-4-8-14-6-2-1-3-7-14/h1-3,6-7,19,23H,4-5,8-13H2,(H2,18,21)/t17-/m1/s1. The molecule has 1 aliphatic heterocycles. The zero-order valence-corrected chi connectivity index (χ0v) is 13.3. The van der Waals surface area contributed by atoms with Gasteiger partial charge in [0, 0.05) is 19.6 Å². The normalized spacial score (nSPS) is 21.4. The number of hydrogen-bond donors (Lipinski definition) is 3. The molecule has 0 unspecified atom stereocenters. The molecule has 0 aromatic heterocycles. The smallest absolute Gasteiger partial charge is 0.255 e. The predicted octanol–water partition coefficient (Wildman–Crippen LogP) is 0.0476. The maximum Gasteiger partial charge on any atom is 0.255 e. The van der Waals surface area contributed by atoms with E-state index in [4.69, 9.17) is 5.73 Å². The van der Waals surface area contributed by atoms with Crippen LogP contribution >= 0.6 is 0 Å². The van der Waals surface area contributed by atoms with Gasteiger partial charge in [-0.25, -0.2) is 0 Å². The van der Waals surface area contributed by atoms with Crippen LogP contribution in [-0.4, -0.2) is 53.6 Å². The Morgan fingerprint density at radius 2 is 2.09 bits per heavy atom. The molecule has 0 spiro atoms. The Kier molecular flexibility index (Phi) is 6.12. The lowest BCUT2D eigenvalue weighted by Gasteiger charge is -2.38. The van der Waals surface area contributed by atoms with Crippen LogP contribution in [0, 0.1) is 0 Å². The van der Waals surface area contributed by atoms with E-state index in [1.807, 2.05) is 18.2 Å². The number of nitrogens with one attached hydrogen (secondary N) is 1. The number of likely N-dealkylation sites (tertiary alicyclic amines) is 1. The fourth-order valence-corrected chi connectivity index (χ4v) is 2.95. The topological polar surface area (TPSA) is 95.7 Å². The largest absolute Gasteiger partial charge is 0.379 e. The molecule has 1 fully saturated rings. The third kappa shape index (κ3) is 5.04. The minimum atomic E-state index is -1.43. The molecule has 1 aliphatic rings. The van der Waals surface area contributed by atoms with Crippen molar-refractivity contribution in [2.75, 3.05) is 26.2 Å². The number of carbonyl (C=O) groups excluding carboxylic acids is 2. The van der Waals surface area contributed by atoms with Gasteiger partial charge < -0.3 is 21.1 Å². The Bertz CT molecular complexity index is 535. The Morgan fingerprint density at radius 3 is 2.78 bits per heavy atom. The second-order valence-corrected chi connectivity index (χ2v) is 6.09. The molecule has 2 amide bonds. The molecule has 1 aromatic rings. The number of nitrogens with zero attached hydrogens (tertiary/aromatic N) is 1. The van der Waals surface area contributed by atoms with Crippen molar-refractivity contribution in [2.45, 2.75) is 31.3 Å². The Hall–Kier alpha value is -1.92. The Balaban J connectivity index is 1.82. The highest BCUT2D eigenvalue weighted by Gasteiger charge is 2.41. The van der Waals surface area contributed by atoms with Gasteiger partial charge in [-0.05, 0) is 31.2 Å². The van der Waals surface area contributed by atoms with Crippen molar-refractivity contribution < 1.29 is 14.7 Å². The highest BCUT2D eigenvalue weighted by atomic mass is 16.3. The molecule has 0 saturated carbocycles. The van der Waals surface area contributed by atoms with Gasteiger partial charge in [0.25, 0.3) is 5.91 Å². The number of piperidine rings is 1. The van der Waals surface area contributed by atoms with Crippen LogP contribution in [0.2, 0.25) is 0 Å². The fourth-order valence-electron chi connectivity index (χ4n) is 2.95. The third-order valence-electron chi connectivity index (χ3n) is 4.16. The van der Waals surface area contributed by atoms with Crippen LogP contribution in [0.1, 0.15) is 24.8 Å². The van der Waals surface area contributed by atoms with Crippen LogP contribution < -0.4 is 11.1 Å². The molecule has 1 saturated heterocycles. The van der Waals surface area contributed by atoms with E-state index in [1.54, 1.807) is 4.90 Å². The minimum absolute atomic E-state index is 0.0381. The molecule has 1 atom stereocenters. The van der Waals surface area contributed by atoms with E-state index in [-0.39, 0.29) is 19.0 Å². The van der Waals surface area contributed by atoms with Crippen LogP contribution in [0.5, 0.6) is 0 Å². The molecule has 6 heteroatoms. The number of aryl methyl sites for hydroxylation is 1. The first-order valence-corrected chi connectivity index (χ1v) is 8.06. The van der Waals surface area contributed by atoms with Gasteiger partial charge in [0.05, 0.1) is 6.54 Å². The number of primary amides is 1. The van der Waals surface area contributed by atoms with Crippen LogP contribution in [-0.2, 0) is 16.0 Å². The highest BCUT2D eigenvalue weighted by molar-refractivity contribution is 5.86. The number of carbonyl (C=O) groups is 2. The lowest BCUT2D eigenvalue weighted by Crippen LogP contribution is -2.58. The molecule has 126 valence electrons. The van der Waals surface area contributed by atoms with E-state index < -0.39 is 11.5 Å². The monoisotopic (exact) mass is 319 g/mol. The van der Waals surface area contributed by atoms with Crippen LogP contribution in [0.15, 0.2) is 30.3 Å². The lowest BCUT2D eigenvalue weighted by molar-refractivity contribution is -0.156. The average Bonchev–Trinajstić information content (AvgIpc) is 2.52. The Labute approximate surface area is 136 Å². The first-order valence-electron chi connectivity index (χ1n) is 8.06. The first-order chi connectivity index (χ1) is 11.0. The molecule has 23 heavy (non-hydrogen) atoms. The summed E-state index contributed by atoms with van der Waals surface area (Å²) in [6, 6.07) is 10.1. The molecule has 1 aromatic carbocycles. The van der Waals surface area contributed by atoms with Crippen molar-refractivity contribution in [3.63, 3.8) is 0 Å². The number of hydrogen-bond acceptors (Lipinski definition) is 4. The summed E-state index contributed by atoms with van der Waals surface area (Å²) in [7, 11) is 0. The van der Waals surface area contributed by atoms with Gasteiger partial charge in [0.15, 0.2) is 5.60 Å². The highest BCUT2D eigenvalue weighted by Crippen LogP contribution is 2.22. The zero-order chi connectivity index (χ0) is 16.7. The average molecular weight is 319 g/mol. The lowest BCUT2D eigenvalue weighted by atomic mass is 9.91. The van der Waals surface area contributed by atoms with Gasteiger partial charge in [-0.3, -0.25) is 9.59 Å². The summed E-state index contributed by atoms with van der Waals surface area (Å²) >= 11 is 0. The van der Waals surface area contributed by atoms with Gasteiger partial charge in [-0.2, -0.15) is 0 Å². The van der Waals surface area contributed by atoms with Crippen molar-refractivity contribution in [3.8, 4) is 0 Å². The molecule has 1 heterocycles. The maximum absolute atomic E-state index is 12.5. The van der Waals surface area contributed by atoms with Gasteiger partial charge in [0.1, 0.15) is 0 Å². The first kappa shape index (κ1) is 17.4. The van der Waals surface area contributed by atoms with Gasteiger partial charge in [-0.1, -0.05) is 30.3 Å². The van der Waals surface area contributed by atoms with Crippen LogP contribution in [0.4, 0.5) is 0 Å². The van der Waals surface area contributed by atoms with E-state index in [0.29, 0.717) is 19.5 Å². The number of rotatable bonds is 8. The fraction of sp³-hybridized carbons (Fsp3) is 0.529. The van der Waals surface area contributed by atoms with Crippen molar-refractivity contribution in [1.29, 1.82) is 0 Å². The van der Waals surface area contributed by atoms with E-state index in [1.165, 1.54) is 5.56 Å². The third-order valence-corrected chi connectivity index (χ3v) is 4.16. The number of aliphatic hydroxyl groups is 1. The Morgan fingerprint density at radius 1 is 1.35 bits per heavy atom. The quantitative estimate of drug-likeness (QED) is 0.631. The summed E-state index contributed by atoms with van der Waals surface area (Å²) in [6.45, 7) is 1.32. The second-order valence-electron chi connectivity index (χ2n) is 6.09. The molecule has 0 radical (unpaired) electrons. The van der Waals surface area contributed by atoms with Crippen LogP contribution in [0.3, 0.4) is 0 Å². The SMILES string of the molecule is NC(=O)CNC[C@]1(O)CCCN(CCCc2ccccc2)C1=O. The maximum atomic E-state index is 12.5. The molecule has 6 nitrogen and oxygen atoms in total. The van der Waals surface area contributed by atoms with Crippen molar-refractivity contribution in [2.24, 2.45) is 5.73 Å². The molecule has 4 N–H and O–H groups in total. The molecule has 0 aliphatic carbocycles. The number of benzene rings is 1. The number of amides is 2. The predicted molar refractivity (Wildman–Crippen MR) is 87.6 cm³/mol. The summed E-state index contributed by atoms with van der Waals surface area (Å²) in [5.74, 6) is -0.759. The molecule has 0 bridgehead atoms. The molecular formula is C17H25N3O3. The zero-order valence-electron chi connectivity index (χ0n) is 13.3. The summed E-state index contributed by atoms with van der Waals surface area (Å²) in [5, 5.41) is 13.3. The summed E-state index contributed by atoms with van der Waals surface area (Å²) in [4.78, 5) is 25.0. The van der Waals surface area contributed by atoms with Crippen molar-refractivity contribution in [3.05, 3.63) is 35.9 Å². The number of nitrogens with two attached hydrogens (primary N) is 1. The van der Waals surface area contributed by atoms with E-state index in [2.05, 4.69) is 17.4 Å². The van der Waals surface area contributed by atoms with Gasteiger partial charge >= 0.3 is 0 Å². The van der Waals surface area contributed by atoms with Gasteiger partial charge in [0.2, 0.25) is 5.91 Å². The van der Waals surface area contributed by atoms with E-state index >= 15 is 0 Å². The van der Waals surface area contributed by atoms with Crippen LogP contribution in [0.25, 0.3) is 0 Å². The van der Waals surface area contributed by atoms with Gasteiger partial charge in [-0.15, -0.1) is 0 Å². The molecule has 2 rings (SSSR count). The summed E-state index contributed by atoms with van der Waals surface area (Å²) < 4.78 is 0. The summed E-state index contributed by atoms with van der Waals surface area (Å²) in [5.41, 5.74) is 4.87. The minimum Gasteiger partial charge on any atom is -0.379 e. The second kappa shape index (κ2) is 8.08. The van der Waals surface area contributed by atoms with E-state index in [9.17, 15) is 14.7 Å².